The van der Waals surface area contributed by atoms with Crippen molar-refractivity contribution < 1.29 is 0 Å². The first kappa shape index (κ1) is 14.7. The molecule has 1 fully saturated rings. The smallest absolute Gasteiger partial charge is 0.245 e. The maximum Gasteiger partial charge on any atom is 0.245 e. The minimum Gasteiger partial charge on any atom is -0.337 e. The predicted molar refractivity (Wildman–Crippen MR) is 86.1 cm³/mol. The molecule has 21 heavy (non-hydrogen) atoms. The van der Waals surface area contributed by atoms with E-state index in [2.05, 4.69) is 25.0 Å². The molecule has 0 saturated carbocycles. The van der Waals surface area contributed by atoms with Gasteiger partial charge in [-0.1, -0.05) is 11.6 Å². The molecule has 3 heterocycles. The van der Waals surface area contributed by atoms with Crippen LogP contribution in [0.2, 0.25) is 5.02 Å². The van der Waals surface area contributed by atoms with E-state index in [9.17, 15) is 0 Å². The lowest BCUT2D eigenvalue weighted by atomic mass is 10.3. The van der Waals surface area contributed by atoms with Crippen LogP contribution in [0.5, 0.6) is 0 Å². The molecule has 7 heteroatoms. The Hall–Kier alpha value is -1.24. The Morgan fingerprint density at radius 2 is 1.90 bits per heavy atom. The maximum absolute atomic E-state index is 6.16. The average Bonchev–Trinajstić information content (AvgIpc) is 2.88. The van der Waals surface area contributed by atoms with Crippen LogP contribution < -0.4 is 4.90 Å². The number of rotatable bonds is 3. The molecule has 0 aliphatic carbocycles. The highest BCUT2D eigenvalue weighted by molar-refractivity contribution is 7.10. The Labute approximate surface area is 133 Å². The number of thiophene rings is 1. The summed E-state index contributed by atoms with van der Waals surface area (Å²) in [5, 5.41) is 11.3. The highest BCUT2D eigenvalue weighted by Gasteiger charge is 2.20. The summed E-state index contributed by atoms with van der Waals surface area (Å²) >= 11 is 7.88. The number of aromatic nitrogens is 3. The molecule has 0 spiro atoms. The van der Waals surface area contributed by atoms with Gasteiger partial charge < -0.3 is 4.90 Å². The number of hydrogen-bond donors (Lipinski definition) is 0. The van der Waals surface area contributed by atoms with Gasteiger partial charge in [-0.3, -0.25) is 4.90 Å². The van der Waals surface area contributed by atoms with Crippen LogP contribution in [0.3, 0.4) is 0 Å². The highest BCUT2D eigenvalue weighted by atomic mass is 35.5. The normalized spacial score (nSPS) is 16.4. The first-order chi connectivity index (χ1) is 10.1. The van der Waals surface area contributed by atoms with Crippen LogP contribution in [0.1, 0.15) is 16.3 Å². The summed E-state index contributed by atoms with van der Waals surface area (Å²) in [4.78, 5) is 10.4. The number of aryl methyl sites for hydroxylation is 2. The van der Waals surface area contributed by atoms with Crippen molar-refractivity contribution in [3.8, 4) is 0 Å². The van der Waals surface area contributed by atoms with Gasteiger partial charge in [-0.25, -0.2) is 4.98 Å². The molecular formula is C14H18ClN5S. The van der Waals surface area contributed by atoms with E-state index in [-0.39, 0.29) is 0 Å². The molecule has 5 nitrogen and oxygen atoms in total. The fourth-order valence-corrected chi connectivity index (χ4v) is 3.46. The van der Waals surface area contributed by atoms with Gasteiger partial charge in [0.2, 0.25) is 5.95 Å². The molecule has 2 aromatic heterocycles. The van der Waals surface area contributed by atoms with Crippen molar-refractivity contribution in [2.75, 3.05) is 31.1 Å². The van der Waals surface area contributed by atoms with Gasteiger partial charge in [0.25, 0.3) is 0 Å². The standard InChI is InChI=1S/C14H18ClN5S/c1-10-11(2)17-18-14(16-10)20-6-4-19(5-7-20)9-13-12(15)3-8-21-13/h3,8H,4-7,9H2,1-2H3. The van der Waals surface area contributed by atoms with Crippen LogP contribution in [0.15, 0.2) is 11.4 Å². The minimum atomic E-state index is 0.743. The third-order valence-electron chi connectivity index (χ3n) is 3.79. The second-order valence-corrected chi connectivity index (χ2v) is 6.65. The van der Waals surface area contributed by atoms with E-state index in [4.69, 9.17) is 11.6 Å². The average molecular weight is 324 g/mol. The first-order valence-corrected chi connectivity index (χ1v) is 8.26. The van der Waals surface area contributed by atoms with Gasteiger partial charge in [-0.2, -0.15) is 5.10 Å². The second kappa shape index (κ2) is 6.25. The van der Waals surface area contributed by atoms with Crippen molar-refractivity contribution in [1.82, 2.24) is 20.1 Å². The molecule has 0 N–H and O–H groups in total. The first-order valence-electron chi connectivity index (χ1n) is 7.00. The van der Waals surface area contributed by atoms with Gasteiger partial charge in [0.15, 0.2) is 0 Å². The number of anilines is 1. The number of nitrogens with zero attached hydrogens (tertiary/aromatic N) is 5. The lowest BCUT2D eigenvalue weighted by Gasteiger charge is -2.34. The van der Waals surface area contributed by atoms with Crippen LogP contribution in [0.4, 0.5) is 5.95 Å². The molecule has 0 aromatic carbocycles. The zero-order valence-corrected chi connectivity index (χ0v) is 13.8. The SMILES string of the molecule is Cc1nnc(N2CCN(Cc3sccc3Cl)CC2)nc1C. The topological polar surface area (TPSA) is 45.2 Å². The second-order valence-electron chi connectivity index (χ2n) is 5.24. The van der Waals surface area contributed by atoms with Crippen LogP contribution in [0, 0.1) is 13.8 Å². The minimum absolute atomic E-state index is 0.743. The summed E-state index contributed by atoms with van der Waals surface area (Å²) in [7, 11) is 0. The molecule has 0 radical (unpaired) electrons. The van der Waals surface area contributed by atoms with Gasteiger partial charge in [-0.15, -0.1) is 16.4 Å². The van der Waals surface area contributed by atoms with E-state index in [1.165, 1.54) is 4.88 Å². The van der Waals surface area contributed by atoms with Crippen LogP contribution >= 0.6 is 22.9 Å². The van der Waals surface area contributed by atoms with E-state index >= 15 is 0 Å². The van der Waals surface area contributed by atoms with Gasteiger partial charge in [0, 0.05) is 37.6 Å². The lowest BCUT2D eigenvalue weighted by Crippen LogP contribution is -2.46. The van der Waals surface area contributed by atoms with Crippen LogP contribution in [0.25, 0.3) is 0 Å². The molecular weight excluding hydrogens is 306 g/mol. The van der Waals surface area contributed by atoms with E-state index in [1.807, 2.05) is 25.3 Å². The summed E-state index contributed by atoms with van der Waals surface area (Å²) in [5.74, 6) is 0.743. The Bertz CT molecular complexity index is 622. The monoisotopic (exact) mass is 323 g/mol. The largest absolute Gasteiger partial charge is 0.337 e. The number of hydrogen-bond acceptors (Lipinski definition) is 6. The third-order valence-corrected chi connectivity index (χ3v) is 5.17. The Balaban J connectivity index is 1.60. The molecule has 2 aromatic rings. The summed E-state index contributed by atoms with van der Waals surface area (Å²) in [5.41, 5.74) is 1.84. The van der Waals surface area contributed by atoms with Gasteiger partial charge in [0.1, 0.15) is 0 Å². The quantitative estimate of drug-likeness (QED) is 0.868. The molecule has 1 saturated heterocycles. The molecule has 0 unspecified atom stereocenters. The van der Waals surface area contributed by atoms with Gasteiger partial charge in [-0.05, 0) is 25.3 Å². The van der Waals surface area contributed by atoms with E-state index < -0.39 is 0 Å². The zero-order valence-electron chi connectivity index (χ0n) is 12.2. The molecule has 0 amide bonds. The predicted octanol–water partition coefficient (Wildman–Crippen LogP) is 2.53. The third kappa shape index (κ3) is 3.33. The molecule has 3 rings (SSSR count). The molecule has 1 aliphatic rings. The van der Waals surface area contributed by atoms with Crippen molar-refractivity contribution in [2.24, 2.45) is 0 Å². The Kier molecular flexibility index (Phi) is 4.37. The fraction of sp³-hybridized carbons (Fsp3) is 0.500. The molecule has 0 atom stereocenters. The lowest BCUT2D eigenvalue weighted by molar-refractivity contribution is 0.250. The van der Waals surface area contributed by atoms with Crippen molar-refractivity contribution in [3.05, 3.63) is 32.7 Å². The van der Waals surface area contributed by atoms with Crippen molar-refractivity contribution in [3.63, 3.8) is 0 Å². The van der Waals surface area contributed by atoms with E-state index in [0.29, 0.717) is 0 Å². The van der Waals surface area contributed by atoms with E-state index in [0.717, 1.165) is 55.1 Å². The van der Waals surface area contributed by atoms with Gasteiger partial charge >= 0.3 is 0 Å². The maximum atomic E-state index is 6.16. The molecule has 1 aliphatic heterocycles. The fourth-order valence-electron chi connectivity index (χ4n) is 2.33. The summed E-state index contributed by atoms with van der Waals surface area (Å²) < 4.78 is 0. The number of halogens is 1. The molecule has 112 valence electrons. The van der Waals surface area contributed by atoms with Crippen molar-refractivity contribution in [2.45, 2.75) is 20.4 Å². The number of piperazine rings is 1. The van der Waals surface area contributed by atoms with Crippen molar-refractivity contribution >= 4 is 28.9 Å². The van der Waals surface area contributed by atoms with Gasteiger partial charge in [0.05, 0.1) is 16.4 Å². The highest BCUT2D eigenvalue weighted by Crippen LogP contribution is 2.24. The summed E-state index contributed by atoms with van der Waals surface area (Å²) in [6.07, 6.45) is 0. The van der Waals surface area contributed by atoms with E-state index in [1.54, 1.807) is 11.3 Å². The van der Waals surface area contributed by atoms with Crippen LogP contribution in [-0.4, -0.2) is 46.3 Å². The Morgan fingerprint density at radius 1 is 1.14 bits per heavy atom. The summed E-state index contributed by atoms with van der Waals surface area (Å²) in [6, 6.07) is 1.96. The summed E-state index contributed by atoms with van der Waals surface area (Å²) in [6.45, 7) is 8.66. The van der Waals surface area contributed by atoms with Crippen molar-refractivity contribution in [1.29, 1.82) is 0 Å². The molecule has 0 bridgehead atoms. The van der Waals surface area contributed by atoms with Crippen LogP contribution in [-0.2, 0) is 6.54 Å². The zero-order chi connectivity index (χ0) is 14.8. The Morgan fingerprint density at radius 3 is 2.52 bits per heavy atom.